The fourth-order valence-electron chi connectivity index (χ4n) is 4.36. The van der Waals surface area contributed by atoms with Gasteiger partial charge in [-0.15, -0.1) is 9.46 Å². The number of unbranched alkanes of at least 4 members (excludes halogenated alkanes) is 8. The van der Waals surface area contributed by atoms with Gasteiger partial charge < -0.3 is 54.9 Å². The molecule has 0 aromatic carbocycles. The minimum atomic E-state index is -0.552. The van der Waals surface area contributed by atoms with Gasteiger partial charge in [-0.05, 0) is 25.7 Å². The van der Waals surface area contributed by atoms with Crippen LogP contribution < -0.4 is 20.3 Å². The summed E-state index contributed by atoms with van der Waals surface area (Å²) in [4.78, 5) is 57.0. The summed E-state index contributed by atoms with van der Waals surface area (Å²) in [7, 11) is 0. The molecular weight excluding hydrogens is 648 g/mol. The average molecular weight is 699 g/mol. The van der Waals surface area contributed by atoms with Crippen molar-refractivity contribution in [2.45, 2.75) is 77.0 Å². The first kappa shape index (κ1) is 40.7. The number of nitrogens with one attached hydrogen (secondary N) is 2. The Morgan fingerprint density at radius 2 is 0.816 bits per heavy atom. The van der Waals surface area contributed by atoms with E-state index in [0.717, 1.165) is 51.4 Å². The van der Waals surface area contributed by atoms with E-state index in [1.807, 2.05) is 0 Å². The molecule has 0 saturated heterocycles. The second-order valence-corrected chi connectivity index (χ2v) is 11.1. The van der Waals surface area contributed by atoms with E-state index in [9.17, 15) is 39.6 Å². The van der Waals surface area contributed by atoms with Crippen LogP contribution in [-0.2, 0) is 33.4 Å². The second kappa shape index (κ2) is 24.6. The van der Waals surface area contributed by atoms with Crippen molar-refractivity contribution >= 4 is 23.8 Å². The Morgan fingerprint density at radius 1 is 0.490 bits per heavy atom. The number of amides is 2. The highest BCUT2D eigenvalue weighted by atomic mass is 16.7. The van der Waals surface area contributed by atoms with Crippen molar-refractivity contribution in [3.8, 4) is 23.5 Å². The minimum absolute atomic E-state index is 0.0730. The lowest BCUT2D eigenvalue weighted by atomic mass is 10.1. The Hall–Kier alpha value is -4.48. The van der Waals surface area contributed by atoms with Crippen LogP contribution in [0, 0.1) is 0 Å². The van der Waals surface area contributed by atoms with Crippen LogP contribution >= 0.6 is 0 Å². The number of rotatable bonds is 28. The highest BCUT2D eigenvalue weighted by Crippen LogP contribution is 2.20. The summed E-state index contributed by atoms with van der Waals surface area (Å²) in [6.07, 6.45) is 8.27. The molecular formula is C32H50N4O13. The van der Waals surface area contributed by atoms with Gasteiger partial charge >= 0.3 is 11.9 Å². The van der Waals surface area contributed by atoms with Crippen LogP contribution in [0.5, 0.6) is 23.5 Å². The van der Waals surface area contributed by atoms with Gasteiger partial charge in [0.2, 0.25) is 35.3 Å². The zero-order valence-electron chi connectivity index (χ0n) is 27.8. The van der Waals surface area contributed by atoms with Crippen molar-refractivity contribution < 1.29 is 63.5 Å². The molecule has 17 nitrogen and oxygen atoms in total. The van der Waals surface area contributed by atoms with E-state index >= 15 is 0 Å². The molecule has 0 atom stereocenters. The van der Waals surface area contributed by atoms with Crippen molar-refractivity contribution in [2.24, 2.45) is 0 Å². The van der Waals surface area contributed by atoms with E-state index in [4.69, 9.17) is 23.9 Å². The topological polar surface area (TPSA) is 229 Å². The van der Waals surface area contributed by atoms with Crippen LogP contribution in [0.4, 0.5) is 0 Å². The number of hydrogen-bond donors (Lipinski definition) is 6. The lowest BCUT2D eigenvalue weighted by molar-refractivity contribution is -0.146. The Bertz CT molecular complexity index is 1130. The summed E-state index contributed by atoms with van der Waals surface area (Å²) < 4.78 is 17.3. The Labute approximate surface area is 284 Å². The fourth-order valence-corrected chi connectivity index (χ4v) is 4.36. The van der Waals surface area contributed by atoms with E-state index in [2.05, 4.69) is 10.6 Å². The van der Waals surface area contributed by atoms with Gasteiger partial charge in [0.05, 0.1) is 26.4 Å². The van der Waals surface area contributed by atoms with Crippen LogP contribution in [-0.4, -0.2) is 106 Å². The number of carbonyl (C=O) groups is 4. The summed E-state index contributed by atoms with van der Waals surface area (Å²) in [6, 6.07) is 4.86. The lowest BCUT2D eigenvalue weighted by Crippen LogP contribution is -2.29. The molecule has 0 unspecified atom stereocenters. The predicted molar refractivity (Wildman–Crippen MR) is 173 cm³/mol. The van der Waals surface area contributed by atoms with E-state index in [1.165, 1.54) is 24.3 Å². The molecule has 0 spiro atoms. The molecule has 2 rings (SSSR count). The molecule has 0 aliphatic heterocycles. The normalized spacial score (nSPS) is 10.9. The zero-order chi connectivity index (χ0) is 35.7. The van der Waals surface area contributed by atoms with Gasteiger partial charge in [0.25, 0.3) is 0 Å². The van der Waals surface area contributed by atoms with Crippen molar-refractivity contribution in [3.63, 3.8) is 0 Å². The number of nitrogens with zero attached hydrogens (tertiary/aromatic N) is 2. The summed E-state index contributed by atoms with van der Waals surface area (Å²) >= 11 is 0. The number of hydrogen-bond acceptors (Lipinski definition) is 13. The summed E-state index contributed by atoms with van der Waals surface area (Å²) in [5.41, 5.74) is 0. The minimum Gasteiger partial charge on any atom is -0.492 e. The highest BCUT2D eigenvalue weighted by Gasteiger charge is 2.13. The van der Waals surface area contributed by atoms with Gasteiger partial charge in [0.15, 0.2) is 0 Å². The summed E-state index contributed by atoms with van der Waals surface area (Å²) in [5, 5.41) is 43.4. The lowest BCUT2D eigenvalue weighted by Gasteiger charge is -2.08. The van der Waals surface area contributed by atoms with Crippen LogP contribution in [0.15, 0.2) is 24.3 Å². The largest absolute Gasteiger partial charge is 0.492 e. The number of aromatic hydroxyl groups is 4. The fraction of sp³-hybridized carbons (Fsp3) is 0.625. The van der Waals surface area contributed by atoms with E-state index in [1.54, 1.807) is 0 Å². The maximum atomic E-state index is 11.9. The zero-order valence-corrected chi connectivity index (χ0v) is 27.8. The molecule has 17 heteroatoms. The molecule has 0 fully saturated rings. The van der Waals surface area contributed by atoms with Crippen LogP contribution in [0.3, 0.4) is 0 Å². The van der Waals surface area contributed by atoms with Gasteiger partial charge in [-0.3, -0.25) is 9.59 Å². The van der Waals surface area contributed by atoms with Crippen molar-refractivity contribution in [1.82, 2.24) is 20.1 Å². The Balaban J connectivity index is 1.27. The third kappa shape index (κ3) is 18.6. The molecule has 0 saturated carbocycles. The summed E-state index contributed by atoms with van der Waals surface area (Å²) in [5.74, 6) is -2.97. The van der Waals surface area contributed by atoms with Crippen molar-refractivity contribution in [2.75, 3.05) is 52.7 Å². The molecule has 2 amide bonds. The van der Waals surface area contributed by atoms with E-state index in [-0.39, 0.29) is 87.8 Å². The predicted octanol–water partition coefficient (Wildman–Crippen LogP) is 1.69. The first-order valence-corrected chi connectivity index (χ1v) is 16.6. The molecule has 276 valence electrons. The molecule has 2 heterocycles. The monoisotopic (exact) mass is 698 g/mol. The third-order valence-corrected chi connectivity index (χ3v) is 6.95. The molecule has 2 aromatic rings. The second-order valence-electron chi connectivity index (χ2n) is 11.1. The average Bonchev–Trinajstić information content (AvgIpc) is 3.56. The number of aromatic nitrogens is 2. The number of ether oxygens (including phenoxy) is 3. The Morgan fingerprint density at radius 3 is 1.20 bits per heavy atom. The molecule has 0 radical (unpaired) electrons. The van der Waals surface area contributed by atoms with Gasteiger partial charge in [0.1, 0.15) is 13.2 Å². The standard InChI is InChI=1S/C32H50N4O13/c37-25(33-17-9-5-1-3-7-11-31(43)48-35-27(39)13-14-28(35)40)23-46-21-19-45-20-22-47-24-26(38)34-18-10-6-2-4-8-12-32(44)49-36-29(41)15-16-30(36)42/h13-16,39-42H,1-12,17-24H2,(H,33,37)(H,34,38). The molecule has 0 bridgehead atoms. The van der Waals surface area contributed by atoms with E-state index in [0.29, 0.717) is 35.4 Å². The molecule has 6 N–H and O–H groups in total. The summed E-state index contributed by atoms with van der Waals surface area (Å²) in [6.45, 7) is 1.95. The van der Waals surface area contributed by atoms with Gasteiger partial charge in [-0.1, -0.05) is 38.5 Å². The van der Waals surface area contributed by atoms with Crippen molar-refractivity contribution in [1.29, 1.82) is 0 Å². The smallest absolute Gasteiger partial charge is 0.333 e. The number of carbonyl (C=O) groups excluding carboxylic acids is 4. The maximum absolute atomic E-state index is 11.9. The van der Waals surface area contributed by atoms with Crippen LogP contribution in [0.2, 0.25) is 0 Å². The van der Waals surface area contributed by atoms with Gasteiger partial charge in [-0.25, -0.2) is 9.59 Å². The quantitative estimate of drug-likeness (QED) is 0.0696. The third-order valence-electron chi connectivity index (χ3n) is 6.95. The first-order chi connectivity index (χ1) is 23.7. The molecule has 0 aliphatic rings. The SMILES string of the molecule is O=C(COCCOCCOCC(=O)NCCCCCCCC(=O)On1c(O)ccc1O)NCCCCCCCC(=O)On1c(O)ccc1O. The van der Waals surface area contributed by atoms with Crippen LogP contribution in [0.25, 0.3) is 0 Å². The van der Waals surface area contributed by atoms with Gasteiger partial charge in [0, 0.05) is 50.2 Å². The first-order valence-electron chi connectivity index (χ1n) is 16.6. The molecule has 49 heavy (non-hydrogen) atoms. The van der Waals surface area contributed by atoms with Crippen molar-refractivity contribution in [3.05, 3.63) is 24.3 Å². The Kier molecular flexibility index (Phi) is 20.5. The van der Waals surface area contributed by atoms with Gasteiger partial charge in [-0.2, -0.15) is 0 Å². The molecule has 2 aromatic heterocycles. The maximum Gasteiger partial charge on any atom is 0.333 e. The highest BCUT2D eigenvalue weighted by molar-refractivity contribution is 5.77. The van der Waals surface area contributed by atoms with Crippen LogP contribution in [0.1, 0.15) is 77.0 Å². The van der Waals surface area contributed by atoms with E-state index < -0.39 is 11.9 Å². The molecule has 0 aliphatic carbocycles.